The van der Waals surface area contributed by atoms with E-state index in [2.05, 4.69) is 34.4 Å². The molecule has 1 saturated heterocycles. The summed E-state index contributed by atoms with van der Waals surface area (Å²) in [4.78, 5) is 13.4. The van der Waals surface area contributed by atoms with E-state index in [0.717, 1.165) is 30.4 Å². The number of rotatable bonds is 3. The molecule has 1 amide bonds. The van der Waals surface area contributed by atoms with Crippen LogP contribution in [-0.2, 0) is 4.79 Å². The Balaban J connectivity index is 2.47. The summed E-state index contributed by atoms with van der Waals surface area (Å²) in [6, 6.07) is 0.616. The maximum Gasteiger partial charge on any atom is 0.221 e. The number of piperidine rings is 1. The van der Waals surface area contributed by atoms with E-state index >= 15 is 0 Å². The third-order valence-electron chi connectivity index (χ3n) is 2.79. The van der Waals surface area contributed by atoms with Gasteiger partial charge < -0.3 is 5.73 Å². The second-order valence-electron chi connectivity index (χ2n) is 3.71. The second-order valence-corrected chi connectivity index (χ2v) is 4.79. The van der Waals surface area contributed by atoms with Crippen molar-refractivity contribution in [3.8, 4) is 0 Å². The normalized spacial score (nSPS) is 30.3. The van der Waals surface area contributed by atoms with E-state index in [-0.39, 0.29) is 11.8 Å². The van der Waals surface area contributed by atoms with E-state index in [1.807, 2.05) is 0 Å². The Labute approximate surface area is 93.2 Å². The predicted molar refractivity (Wildman–Crippen MR) is 61.8 cm³/mol. The van der Waals surface area contributed by atoms with Gasteiger partial charge in [0.25, 0.3) is 0 Å². The predicted octanol–water partition coefficient (Wildman–Crippen LogP) is 1.01. The molecular weight excluding hydrogens is 279 g/mol. The number of likely N-dealkylation sites (tertiary alicyclic amines) is 1. The summed E-state index contributed by atoms with van der Waals surface area (Å²) in [7, 11) is 0. The number of carbonyl (C=O) groups is 1. The molecule has 0 aromatic carbocycles. The fraction of sp³-hybridized carbons (Fsp3) is 0.889. The van der Waals surface area contributed by atoms with Crippen molar-refractivity contribution in [2.45, 2.75) is 25.8 Å². The zero-order chi connectivity index (χ0) is 9.84. The van der Waals surface area contributed by atoms with Crippen LogP contribution in [0.2, 0.25) is 0 Å². The van der Waals surface area contributed by atoms with Crippen LogP contribution in [0.4, 0.5) is 0 Å². The molecule has 0 aliphatic carbocycles. The van der Waals surface area contributed by atoms with Gasteiger partial charge in [-0.3, -0.25) is 9.69 Å². The van der Waals surface area contributed by atoms with Gasteiger partial charge >= 0.3 is 0 Å². The number of hydrogen-bond acceptors (Lipinski definition) is 2. The van der Waals surface area contributed by atoms with E-state index in [1.165, 1.54) is 0 Å². The first-order chi connectivity index (χ1) is 6.15. The van der Waals surface area contributed by atoms with E-state index in [4.69, 9.17) is 5.73 Å². The smallest absolute Gasteiger partial charge is 0.221 e. The molecule has 2 atom stereocenters. The van der Waals surface area contributed by atoms with Crippen LogP contribution in [0.1, 0.15) is 19.8 Å². The molecule has 1 fully saturated rings. The Kier molecular flexibility index (Phi) is 4.45. The summed E-state index contributed by atoms with van der Waals surface area (Å²) >= 11 is 2.37. The van der Waals surface area contributed by atoms with Gasteiger partial charge in [0, 0.05) is 23.6 Å². The van der Waals surface area contributed by atoms with Crippen LogP contribution >= 0.6 is 22.6 Å². The van der Waals surface area contributed by atoms with Crippen molar-refractivity contribution in [1.29, 1.82) is 0 Å². The standard InChI is InChI=1S/C9H17IN2O/c1-7-2-3-8(9(11)13)6-12(7)5-4-10/h7-8H,2-6H2,1H3,(H2,11,13). The number of nitrogens with two attached hydrogens (primary N) is 1. The molecule has 2 N–H and O–H groups in total. The summed E-state index contributed by atoms with van der Waals surface area (Å²) in [5, 5.41) is 0. The summed E-state index contributed by atoms with van der Waals surface area (Å²) in [6.45, 7) is 4.16. The molecule has 0 aromatic heterocycles. The zero-order valence-electron chi connectivity index (χ0n) is 8.00. The average molecular weight is 296 g/mol. The largest absolute Gasteiger partial charge is 0.369 e. The third kappa shape index (κ3) is 3.09. The molecule has 0 radical (unpaired) electrons. The van der Waals surface area contributed by atoms with E-state index < -0.39 is 0 Å². The van der Waals surface area contributed by atoms with Crippen molar-refractivity contribution in [2.75, 3.05) is 17.5 Å². The second kappa shape index (κ2) is 5.14. The summed E-state index contributed by atoms with van der Waals surface area (Å²) in [5.41, 5.74) is 5.30. The Morgan fingerprint density at radius 2 is 2.31 bits per heavy atom. The highest BCUT2D eigenvalue weighted by Crippen LogP contribution is 2.21. The van der Waals surface area contributed by atoms with Crippen molar-refractivity contribution in [1.82, 2.24) is 4.90 Å². The fourth-order valence-electron chi connectivity index (χ4n) is 1.83. The number of primary amides is 1. The SMILES string of the molecule is CC1CCC(C(N)=O)CN1CCI. The van der Waals surface area contributed by atoms with Crippen molar-refractivity contribution in [3.05, 3.63) is 0 Å². The maximum absolute atomic E-state index is 11.0. The van der Waals surface area contributed by atoms with Crippen LogP contribution < -0.4 is 5.73 Å². The molecule has 76 valence electrons. The van der Waals surface area contributed by atoms with Gasteiger partial charge in [0.15, 0.2) is 0 Å². The summed E-state index contributed by atoms with van der Waals surface area (Å²) < 4.78 is 1.12. The van der Waals surface area contributed by atoms with Gasteiger partial charge in [-0.15, -0.1) is 0 Å². The first-order valence-corrected chi connectivity index (χ1v) is 6.27. The molecule has 1 rings (SSSR count). The molecule has 13 heavy (non-hydrogen) atoms. The Morgan fingerprint density at radius 3 is 2.85 bits per heavy atom. The highest BCUT2D eigenvalue weighted by Gasteiger charge is 2.27. The lowest BCUT2D eigenvalue weighted by Crippen LogP contribution is -2.46. The molecule has 0 spiro atoms. The molecule has 3 nitrogen and oxygen atoms in total. The monoisotopic (exact) mass is 296 g/mol. The number of hydrogen-bond donors (Lipinski definition) is 1. The number of amides is 1. The van der Waals surface area contributed by atoms with Crippen LogP contribution in [0.15, 0.2) is 0 Å². The third-order valence-corrected chi connectivity index (χ3v) is 3.27. The fourth-order valence-corrected chi connectivity index (χ4v) is 2.45. The molecule has 0 bridgehead atoms. The molecule has 1 aliphatic rings. The Hall–Kier alpha value is 0.160. The number of halogens is 1. The molecule has 4 heteroatoms. The lowest BCUT2D eigenvalue weighted by Gasteiger charge is -2.36. The lowest BCUT2D eigenvalue weighted by atomic mass is 9.93. The molecule has 2 unspecified atom stereocenters. The van der Waals surface area contributed by atoms with Crippen LogP contribution in [0, 0.1) is 5.92 Å². The molecule has 0 aromatic rings. The first-order valence-electron chi connectivity index (χ1n) is 4.74. The minimum Gasteiger partial charge on any atom is -0.369 e. The lowest BCUT2D eigenvalue weighted by molar-refractivity contribution is -0.123. The van der Waals surface area contributed by atoms with E-state index in [0.29, 0.717) is 6.04 Å². The van der Waals surface area contributed by atoms with Crippen molar-refractivity contribution < 1.29 is 4.79 Å². The molecule has 0 saturated carbocycles. The van der Waals surface area contributed by atoms with Crippen molar-refractivity contribution >= 4 is 28.5 Å². The van der Waals surface area contributed by atoms with E-state index in [1.54, 1.807) is 0 Å². The molecule has 1 heterocycles. The van der Waals surface area contributed by atoms with Gasteiger partial charge in [-0.1, -0.05) is 22.6 Å². The number of carbonyl (C=O) groups excluding carboxylic acids is 1. The quantitative estimate of drug-likeness (QED) is 0.624. The van der Waals surface area contributed by atoms with Gasteiger partial charge in [0.05, 0.1) is 5.92 Å². The van der Waals surface area contributed by atoms with Gasteiger partial charge in [0.2, 0.25) is 5.91 Å². The summed E-state index contributed by atoms with van der Waals surface area (Å²) in [5.74, 6) is -0.0514. The highest BCUT2D eigenvalue weighted by atomic mass is 127. The average Bonchev–Trinajstić information content (AvgIpc) is 2.08. The maximum atomic E-state index is 11.0. The summed E-state index contributed by atoms with van der Waals surface area (Å²) in [6.07, 6.45) is 2.07. The Morgan fingerprint density at radius 1 is 1.62 bits per heavy atom. The van der Waals surface area contributed by atoms with Crippen molar-refractivity contribution in [3.63, 3.8) is 0 Å². The number of nitrogens with zero attached hydrogens (tertiary/aromatic N) is 1. The Bertz CT molecular complexity index is 186. The van der Waals surface area contributed by atoms with Crippen LogP contribution in [0.25, 0.3) is 0 Å². The van der Waals surface area contributed by atoms with Gasteiger partial charge in [-0.05, 0) is 19.8 Å². The van der Waals surface area contributed by atoms with Crippen LogP contribution in [-0.4, -0.2) is 34.4 Å². The van der Waals surface area contributed by atoms with Gasteiger partial charge in [-0.2, -0.15) is 0 Å². The van der Waals surface area contributed by atoms with Crippen LogP contribution in [0.3, 0.4) is 0 Å². The first kappa shape index (κ1) is 11.2. The van der Waals surface area contributed by atoms with Gasteiger partial charge in [0.1, 0.15) is 0 Å². The molecule has 1 aliphatic heterocycles. The van der Waals surface area contributed by atoms with Crippen molar-refractivity contribution in [2.24, 2.45) is 11.7 Å². The highest BCUT2D eigenvalue weighted by molar-refractivity contribution is 14.1. The van der Waals surface area contributed by atoms with Gasteiger partial charge in [-0.25, -0.2) is 0 Å². The molecular formula is C9H17IN2O. The zero-order valence-corrected chi connectivity index (χ0v) is 10.2. The number of alkyl halides is 1. The van der Waals surface area contributed by atoms with E-state index in [9.17, 15) is 4.79 Å². The minimum atomic E-state index is -0.134. The topological polar surface area (TPSA) is 46.3 Å². The minimum absolute atomic E-state index is 0.0825. The van der Waals surface area contributed by atoms with Crippen LogP contribution in [0.5, 0.6) is 0 Å².